The quantitative estimate of drug-likeness (QED) is 0.794. The van der Waals surface area contributed by atoms with Crippen LogP contribution < -0.4 is 0 Å². The van der Waals surface area contributed by atoms with Crippen molar-refractivity contribution < 1.29 is 9.90 Å². The van der Waals surface area contributed by atoms with Gasteiger partial charge in [0.25, 0.3) is 5.91 Å². The van der Waals surface area contributed by atoms with Gasteiger partial charge in [0.1, 0.15) is 5.75 Å². The summed E-state index contributed by atoms with van der Waals surface area (Å²) in [5.41, 5.74) is 0.558. The number of phenolic OH excluding ortho intramolecular Hbond substituents is 1. The summed E-state index contributed by atoms with van der Waals surface area (Å²) in [4.78, 5) is 14.5. The van der Waals surface area contributed by atoms with Crippen molar-refractivity contribution in [2.24, 2.45) is 0 Å². The standard InChI is InChI=1S/C14H17Br2NO2/c15-7-6-11-3-1-2-8-17(11)14(19)10-4-5-12(16)13(18)9-10/h4-5,9,11,18H,1-3,6-8H2. The molecule has 1 aliphatic rings. The summed E-state index contributed by atoms with van der Waals surface area (Å²) in [6, 6.07) is 5.32. The van der Waals surface area contributed by atoms with E-state index in [9.17, 15) is 9.90 Å². The van der Waals surface area contributed by atoms with Gasteiger partial charge in [0.2, 0.25) is 0 Å². The molecule has 1 saturated heterocycles. The number of benzene rings is 1. The van der Waals surface area contributed by atoms with Crippen molar-refractivity contribution in [1.82, 2.24) is 4.90 Å². The molecule has 1 heterocycles. The van der Waals surface area contributed by atoms with E-state index < -0.39 is 0 Å². The van der Waals surface area contributed by atoms with Crippen molar-refractivity contribution in [3.05, 3.63) is 28.2 Å². The summed E-state index contributed by atoms with van der Waals surface area (Å²) in [7, 11) is 0. The van der Waals surface area contributed by atoms with Crippen LogP contribution in [0.5, 0.6) is 5.75 Å². The first-order valence-electron chi connectivity index (χ1n) is 6.49. The smallest absolute Gasteiger partial charge is 0.254 e. The average Bonchev–Trinajstić information content (AvgIpc) is 2.42. The number of carbonyl (C=O) groups is 1. The molecule has 0 saturated carbocycles. The number of likely N-dealkylation sites (tertiary alicyclic amines) is 1. The minimum absolute atomic E-state index is 0.0217. The molecule has 1 aromatic rings. The molecule has 1 aromatic carbocycles. The Morgan fingerprint density at radius 3 is 2.89 bits per heavy atom. The second-order valence-electron chi connectivity index (χ2n) is 4.79. The van der Waals surface area contributed by atoms with Crippen molar-refractivity contribution in [3.8, 4) is 5.75 Å². The Hall–Kier alpha value is -0.550. The molecule has 0 aliphatic carbocycles. The van der Waals surface area contributed by atoms with E-state index >= 15 is 0 Å². The number of amides is 1. The number of halogens is 2. The number of piperidine rings is 1. The molecule has 0 radical (unpaired) electrons. The molecule has 0 bridgehead atoms. The van der Waals surface area contributed by atoms with E-state index in [1.54, 1.807) is 12.1 Å². The Morgan fingerprint density at radius 2 is 2.21 bits per heavy atom. The Bertz CT molecular complexity index is 463. The third kappa shape index (κ3) is 3.51. The molecule has 104 valence electrons. The lowest BCUT2D eigenvalue weighted by Gasteiger charge is -2.35. The SMILES string of the molecule is O=C(c1ccc(Br)c(O)c1)N1CCCCC1CCBr. The normalized spacial score (nSPS) is 19.5. The molecular weight excluding hydrogens is 374 g/mol. The fourth-order valence-corrected chi connectivity index (χ4v) is 3.28. The van der Waals surface area contributed by atoms with Crippen molar-refractivity contribution in [1.29, 1.82) is 0 Å². The van der Waals surface area contributed by atoms with Crippen LogP contribution in [0.4, 0.5) is 0 Å². The van der Waals surface area contributed by atoms with E-state index in [1.165, 1.54) is 12.5 Å². The van der Waals surface area contributed by atoms with Crippen LogP contribution in [0, 0.1) is 0 Å². The zero-order valence-corrected chi connectivity index (χ0v) is 13.8. The van der Waals surface area contributed by atoms with Crippen LogP contribution in [0.2, 0.25) is 0 Å². The average molecular weight is 391 g/mol. The summed E-state index contributed by atoms with van der Waals surface area (Å²) in [5, 5.41) is 10.6. The number of rotatable bonds is 3. The minimum atomic E-state index is 0.0217. The van der Waals surface area contributed by atoms with Gasteiger partial charge in [0.05, 0.1) is 4.47 Å². The van der Waals surface area contributed by atoms with Crippen molar-refractivity contribution in [2.45, 2.75) is 31.7 Å². The number of nitrogens with zero attached hydrogens (tertiary/aromatic N) is 1. The van der Waals surface area contributed by atoms with Gasteiger partial charge in [-0.05, 0) is 59.8 Å². The monoisotopic (exact) mass is 389 g/mol. The van der Waals surface area contributed by atoms with Crippen LogP contribution >= 0.6 is 31.9 Å². The highest BCUT2D eigenvalue weighted by Gasteiger charge is 2.27. The van der Waals surface area contributed by atoms with E-state index in [1.807, 2.05) is 4.90 Å². The van der Waals surface area contributed by atoms with Gasteiger partial charge in [-0.1, -0.05) is 15.9 Å². The molecule has 1 N–H and O–H groups in total. The van der Waals surface area contributed by atoms with Crippen LogP contribution in [-0.2, 0) is 0 Å². The zero-order valence-electron chi connectivity index (χ0n) is 10.6. The Balaban J connectivity index is 2.18. The number of alkyl halides is 1. The van der Waals surface area contributed by atoms with Gasteiger partial charge in [0.15, 0.2) is 0 Å². The van der Waals surface area contributed by atoms with Gasteiger partial charge in [-0.25, -0.2) is 0 Å². The van der Waals surface area contributed by atoms with Crippen LogP contribution in [0.3, 0.4) is 0 Å². The summed E-state index contributed by atoms with van der Waals surface area (Å²) in [6.45, 7) is 0.813. The molecule has 3 nitrogen and oxygen atoms in total. The van der Waals surface area contributed by atoms with E-state index in [-0.39, 0.29) is 11.7 Å². The zero-order chi connectivity index (χ0) is 13.8. The third-order valence-corrected chi connectivity index (χ3v) is 4.65. The molecular formula is C14H17Br2NO2. The molecule has 0 spiro atoms. The maximum Gasteiger partial charge on any atom is 0.254 e. The summed E-state index contributed by atoms with van der Waals surface area (Å²) < 4.78 is 0.611. The molecule has 5 heteroatoms. The van der Waals surface area contributed by atoms with Crippen molar-refractivity contribution >= 4 is 37.8 Å². The highest BCUT2D eigenvalue weighted by atomic mass is 79.9. The van der Waals surface area contributed by atoms with Crippen LogP contribution in [-0.4, -0.2) is 33.8 Å². The highest BCUT2D eigenvalue weighted by Crippen LogP contribution is 2.27. The first-order chi connectivity index (χ1) is 9.13. The topological polar surface area (TPSA) is 40.5 Å². The third-order valence-electron chi connectivity index (χ3n) is 3.52. The molecule has 1 aliphatic heterocycles. The van der Waals surface area contributed by atoms with E-state index in [0.29, 0.717) is 16.1 Å². The maximum atomic E-state index is 12.5. The number of hydrogen-bond donors (Lipinski definition) is 1. The Morgan fingerprint density at radius 1 is 1.42 bits per heavy atom. The Kier molecular flexibility index (Phi) is 5.28. The van der Waals surface area contributed by atoms with Gasteiger partial charge < -0.3 is 10.0 Å². The summed E-state index contributed by atoms with van der Waals surface area (Å²) in [5.74, 6) is 0.133. The first-order valence-corrected chi connectivity index (χ1v) is 8.40. The van der Waals surface area contributed by atoms with Crippen LogP contribution in [0.25, 0.3) is 0 Å². The van der Waals surface area contributed by atoms with Gasteiger partial charge >= 0.3 is 0 Å². The van der Waals surface area contributed by atoms with E-state index in [0.717, 1.165) is 31.1 Å². The first kappa shape index (κ1) is 14.9. The molecule has 0 aromatic heterocycles. The number of phenols is 1. The summed E-state index contributed by atoms with van der Waals surface area (Å²) >= 11 is 6.68. The summed E-state index contributed by atoms with van der Waals surface area (Å²) in [6.07, 6.45) is 4.30. The van der Waals surface area contributed by atoms with E-state index in [4.69, 9.17) is 0 Å². The molecule has 2 rings (SSSR count). The van der Waals surface area contributed by atoms with Crippen molar-refractivity contribution in [2.75, 3.05) is 11.9 Å². The lowest BCUT2D eigenvalue weighted by atomic mass is 9.99. The van der Waals surface area contributed by atoms with Gasteiger partial charge in [0, 0.05) is 23.5 Å². The molecule has 19 heavy (non-hydrogen) atoms. The second-order valence-corrected chi connectivity index (χ2v) is 6.44. The van der Waals surface area contributed by atoms with Crippen molar-refractivity contribution in [3.63, 3.8) is 0 Å². The lowest BCUT2D eigenvalue weighted by molar-refractivity contribution is 0.0609. The van der Waals surface area contributed by atoms with Crippen LogP contribution in [0.15, 0.2) is 22.7 Å². The second kappa shape index (κ2) is 6.75. The van der Waals surface area contributed by atoms with E-state index in [2.05, 4.69) is 31.9 Å². The van der Waals surface area contributed by atoms with Gasteiger partial charge in [-0.15, -0.1) is 0 Å². The molecule has 1 unspecified atom stereocenters. The number of aromatic hydroxyl groups is 1. The van der Waals surface area contributed by atoms with Gasteiger partial charge in [-0.3, -0.25) is 4.79 Å². The number of carbonyl (C=O) groups excluding carboxylic acids is 1. The predicted octanol–water partition coefficient (Wildman–Crippen LogP) is 3.93. The fraction of sp³-hybridized carbons (Fsp3) is 0.500. The number of hydrogen-bond acceptors (Lipinski definition) is 2. The largest absolute Gasteiger partial charge is 0.507 e. The fourth-order valence-electron chi connectivity index (χ4n) is 2.51. The predicted molar refractivity (Wildman–Crippen MR) is 82.9 cm³/mol. The molecule has 1 fully saturated rings. The molecule has 1 amide bonds. The highest BCUT2D eigenvalue weighted by molar-refractivity contribution is 9.10. The maximum absolute atomic E-state index is 12.5. The van der Waals surface area contributed by atoms with Crippen LogP contribution in [0.1, 0.15) is 36.0 Å². The molecule has 1 atom stereocenters. The Labute approximate surface area is 130 Å². The minimum Gasteiger partial charge on any atom is -0.507 e. The van der Waals surface area contributed by atoms with Gasteiger partial charge in [-0.2, -0.15) is 0 Å². The lowest BCUT2D eigenvalue weighted by Crippen LogP contribution is -2.43.